The Bertz CT molecular complexity index is 1340. The number of carbonyl (C=O) groups excluding carboxylic acids is 1. The van der Waals surface area contributed by atoms with Gasteiger partial charge in [-0.15, -0.1) is 0 Å². The van der Waals surface area contributed by atoms with Crippen molar-refractivity contribution >= 4 is 21.6 Å². The lowest BCUT2D eigenvalue weighted by atomic mass is 9.84. The highest BCUT2D eigenvalue weighted by Gasteiger charge is 2.49. The number of rotatable bonds is 4. The predicted molar refractivity (Wildman–Crippen MR) is 123 cm³/mol. The van der Waals surface area contributed by atoms with Crippen LogP contribution in [-0.4, -0.2) is 36.1 Å². The van der Waals surface area contributed by atoms with Gasteiger partial charge in [-0.05, 0) is 35.1 Å². The van der Waals surface area contributed by atoms with E-state index in [1.807, 2.05) is 20.8 Å². The highest BCUT2D eigenvalue weighted by atomic mass is 32.2. The smallest absolute Gasteiger partial charge is 0.283 e. The van der Waals surface area contributed by atoms with Gasteiger partial charge in [0.2, 0.25) is 0 Å². The van der Waals surface area contributed by atoms with E-state index >= 15 is 0 Å². The molecule has 1 atom stereocenters. The van der Waals surface area contributed by atoms with E-state index in [0.717, 1.165) is 0 Å². The van der Waals surface area contributed by atoms with Crippen molar-refractivity contribution in [3.05, 3.63) is 75.8 Å². The molecule has 3 N–H and O–H groups in total. The first-order chi connectivity index (χ1) is 15.4. The second kappa shape index (κ2) is 7.78. The third kappa shape index (κ3) is 3.75. The molecule has 2 aliphatic rings. The zero-order chi connectivity index (χ0) is 24.3. The number of benzene rings is 2. The molecule has 0 fully saturated rings. The maximum atomic E-state index is 13.7. The van der Waals surface area contributed by atoms with Crippen LogP contribution in [0.25, 0.3) is 0 Å². The molecule has 2 aliphatic heterocycles. The third-order valence-corrected chi connectivity index (χ3v) is 7.40. The van der Waals surface area contributed by atoms with Crippen LogP contribution in [0.3, 0.4) is 0 Å². The summed E-state index contributed by atoms with van der Waals surface area (Å²) in [6, 6.07) is 8.66. The van der Waals surface area contributed by atoms with E-state index in [0.29, 0.717) is 16.7 Å². The fourth-order valence-electron chi connectivity index (χ4n) is 4.55. The molecular weight excluding hydrogens is 445 g/mol. The van der Waals surface area contributed by atoms with Crippen LogP contribution in [0.1, 0.15) is 43.0 Å². The summed E-state index contributed by atoms with van der Waals surface area (Å²) < 4.78 is 43.3. The predicted octanol–water partition coefficient (Wildman–Crippen LogP) is 3.35. The molecule has 0 saturated heterocycles. The number of sulfonamides is 1. The molecule has 0 unspecified atom stereocenters. The van der Waals surface area contributed by atoms with Gasteiger partial charge in [-0.3, -0.25) is 4.79 Å². The molecule has 1 amide bonds. The van der Waals surface area contributed by atoms with Gasteiger partial charge in [0.1, 0.15) is 27.8 Å². The molecule has 0 spiro atoms. The van der Waals surface area contributed by atoms with Crippen molar-refractivity contribution in [2.45, 2.75) is 51.7 Å². The average molecular weight is 472 g/mol. The number of fused-ring (bicyclic) bond motifs is 1. The first-order valence-electron chi connectivity index (χ1n) is 10.5. The fourth-order valence-corrected chi connectivity index (χ4v) is 6.00. The lowest BCUT2D eigenvalue weighted by Crippen LogP contribution is -2.43. The monoisotopic (exact) mass is 471 g/mol. The third-order valence-electron chi connectivity index (χ3n) is 5.97. The molecule has 0 saturated carbocycles. The molecule has 174 valence electrons. The minimum absolute atomic E-state index is 0.00909. The maximum absolute atomic E-state index is 13.7. The molecule has 0 aromatic heterocycles. The Morgan fingerprint density at radius 3 is 2.52 bits per heavy atom. The van der Waals surface area contributed by atoms with Crippen molar-refractivity contribution in [1.29, 1.82) is 0 Å². The van der Waals surface area contributed by atoms with Gasteiger partial charge in [0.05, 0.1) is 6.04 Å². The van der Waals surface area contributed by atoms with Crippen LogP contribution < -0.4 is 5.73 Å². The van der Waals surface area contributed by atoms with Crippen LogP contribution in [-0.2, 0) is 27.9 Å². The largest absolute Gasteiger partial charge is 0.509 e. The number of hydrogen-bond acceptors (Lipinski definition) is 5. The summed E-state index contributed by atoms with van der Waals surface area (Å²) >= 11 is 0. The van der Waals surface area contributed by atoms with Crippen LogP contribution in [0.4, 0.5) is 4.39 Å². The number of aliphatic hydroxyl groups excluding tert-OH is 1. The van der Waals surface area contributed by atoms with Crippen molar-refractivity contribution in [2.24, 2.45) is 15.5 Å². The van der Waals surface area contributed by atoms with Crippen LogP contribution in [0, 0.1) is 18.2 Å². The van der Waals surface area contributed by atoms with E-state index in [1.54, 1.807) is 37.3 Å². The SMILES string of the molecule is Cc1cc(CN2C(=O)C(C3=NS(=O)(=O)c4c(CN)cccc43)=C(O)[C@@H]2C(C)(C)C)ccc1F. The standard InChI is InChI=1S/C24H26FN3O4S/c1-13-10-14(8-9-17(13)25)12-28-22(24(2,3)4)20(29)18(23(28)30)19-16-7-5-6-15(11-26)21(16)33(31,32)27-19/h5-10,22,29H,11-12,26H2,1-4H3/t22-/m1/s1. The maximum Gasteiger partial charge on any atom is 0.283 e. The van der Waals surface area contributed by atoms with E-state index in [9.17, 15) is 22.7 Å². The number of halogens is 1. The summed E-state index contributed by atoms with van der Waals surface area (Å²) in [7, 11) is -4.07. The van der Waals surface area contributed by atoms with Gasteiger partial charge in [0.15, 0.2) is 0 Å². The van der Waals surface area contributed by atoms with Crippen molar-refractivity contribution in [2.75, 3.05) is 0 Å². The van der Waals surface area contributed by atoms with Gasteiger partial charge in [-0.2, -0.15) is 12.8 Å². The summed E-state index contributed by atoms with van der Waals surface area (Å²) in [6.07, 6.45) is 0. The zero-order valence-electron chi connectivity index (χ0n) is 18.9. The summed E-state index contributed by atoms with van der Waals surface area (Å²) in [5.74, 6) is -1.11. The van der Waals surface area contributed by atoms with E-state index in [1.165, 1.54) is 11.0 Å². The molecule has 4 rings (SSSR count). The average Bonchev–Trinajstić information content (AvgIpc) is 3.14. The lowest BCUT2D eigenvalue weighted by molar-refractivity contribution is -0.129. The molecule has 7 nitrogen and oxygen atoms in total. The van der Waals surface area contributed by atoms with Crippen molar-refractivity contribution in [3.8, 4) is 0 Å². The Hall–Kier alpha value is -3.04. The minimum Gasteiger partial charge on any atom is -0.509 e. The van der Waals surface area contributed by atoms with E-state index in [4.69, 9.17) is 5.73 Å². The molecular formula is C24H26FN3O4S. The molecule has 0 bridgehead atoms. The van der Waals surface area contributed by atoms with Crippen LogP contribution in [0.2, 0.25) is 0 Å². The normalized spacial score (nSPS) is 19.8. The highest BCUT2D eigenvalue weighted by molar-refractivity contribution is 7.90. The van der Waals surface area contributed by atoms with E-state index < -0.39 is 27.4 Å². The molecule has 0 radical (unpaired) electrons. The van der Waals surface area contributed by atoms with E-state index in [2.05, 4.69) is 4.40 Å². The van der Waals surface area contributed by atoms with Crippen molar-refractivity contribution < 1.29 is 22.7 Å². The van der Waals surface area contributed by atoms with Crippen molar-refractivity contribution in [1.82, 2.24) is 4.90 Å². The Labute approximate surface area is 192 Å². The molecule has 33 heavy (non-hydrogen) atoms. The first kappa shape index (κ1) is 23.1. The Kier molecular flexibility index (Phi) is 5.45. The molecule has 2 aromatic carbocycles. The second-order valence-corrected chi connectivity index (χ2v) is 11.0. The molecule has 2 heterocycles. The van der Waals surface area contributed by atoms with E-state index in [-0.39, 0.29) is 46.4 Å². The number of amides is 1. The quantitative estimate of drug-likeness (QED) is 0.710. The van der Waals surface area contributed by atoms with Gasteiger partial charge in [0, 0.05) is 18.7 Å². The van der Waals surface area contributed by atoms with Crippen LogP contribution in [0.15, 0.2) is 57.0 Å². The molecule has 2 aromatic rings. The number of nitrogens with two attached hydrogens (primary N) is 1. The minimum atomic E-state index is -4.07. The Morgan fingerprint density at radius 1 is 1.21 bits per heavy atom. The summed E-state index contributed by atoms with van der Waals surface area (Å²) in [4.78, 5) is 15.1. The number of nitrogens with zero attached hydrogens (tertiary/aromatic N) is 2. The number of aliphatic hydroxyl groups is 1. The lowest BCUT2D eigenvalue weighted by Gasteiger charge is -2.35. The highest BCUT2D eigenvalue weighted by Crippen LogP contribution is 2.41. The number of hydrogen-bond donors (Lipinski definition) is 2. The number of carbonyl (C=O) groups is 1. The van der Waals surface area contributed by atoms with Gasteiger partial charge >= 0.3 is 0 Å². The van der Waals surface area contributed by atoms with Gasteiger partial charge in [-0.25, -0.2) is 4.39 Å². The van der Waals surface area contributed by atoms with Crippen molar-refractivity contribution in [3.63, 3.8) is 0 Å². The van der Waals surface area contributed by atoms with Gasteiger partial charge in [-0.1, -0.05) is 51.1 Å². The fraction of sp³-hybridized carbons (Fsp3) is 0.333. The molecule has 0 aliphatic carbocycles. The zero-order valence-corrected chi connectivity index (χ0v) is 19.7. The van der Waals surface area contributed by atoms with Crippen LogP contribution >= 0.6 is 0 Å². The van der Waals surface area contributed by atoms with Crippen LogP contribution in [0.5, 0.6) is 0 Å². The van der Waals surface area contributed by atoms with Gasteiger partial charge < -0.3 is 15.7 Å². The molecule has 9 heteroatoms. The second-order valence-electron chi connectivity index (χ2n) is 9.46. The van der Waals surface area contributed by atoms with Gasteiger partial charge in [0.25, 0.3) is 15.9 Å². The Morgan fingerprint density at radius 2 is 1.91 bits per heavy atom. The number of aryl methyl sites for hydroxylation is 1. The summed E-state index contributed by atoms with van der Waals surface area (Å²) in [5, 5.41) is 11.2. The first-order valence-corrected chi connectivity index (χ1v) is 12.0. The Balaban J connectivity index is 1.84. The topological polar surface area (TPSA) is 113 Å². The summed E-state index contributed by atoms with van der Waals surface area (Å²) in [5.41, 5.74) is 6.72. The summed E-state index contributed by atoms with van der Waals surface area (Å²) in [6.45, 7) is 7.37.